The minimum absolute atomic E-state index is 0.136. The molecular weight excluding hydrogens is 250 g/mol. The van der Waals surface area contributed by atoms with Crippen molar-refractivity contribution in [2.24, 2.45) is 11.7 Å². The van der Waals surface area contributed by atoms with Crippen molar-refractivity contribution in [2.75, 3.05) is 26.2 Å². The van der Waals surface area contributed by atoms with Crippen molar-refractivity contribution in [3.8, 4) is 0 Å². The van der Waals surface area contributed by atoms with Gasteiger partial charge in [-0.3, -0.25) is 4.79 Å². The number of amides is 1. The molecule has 1 heterocycles. The zero-order chi connectivity index (χ0) is 13.9. The SMILES string of the molecule is NCC1CNCCN1C(=O)C1CCc2ccccc2C1. The topological polar surface area (TPSA) is 58.4 Å². The summed E-state index contributed by atoms with van der Waals surface area (Å²) in [4.78, 5) is 14.8. The van der Waals surface area contributed by atoms with Crippen molar-refractivity contribution in [3.05, 3.63) is 35.4 Å². The lowest BCUT2D eigenvalue weighted by molar-refractivity contribution is -0.139. The molecule has 0 saturated carbocycles. The molecule has 4 nitrogen and oxygen atoms in total. The Bertz CT molecular complexity index is 488. The molecule has 2 aliphatic rings. The Kier molecular flexibility index (Phi) is 4.03. The highest BCUT2D eigenvalue weighted by molar-refractivity contribution is 5.80. The summed E-state index contributed by atoms with van der Waals surface area (Å²) >= 11 is 0. The van der Waals surface area contributed by atoms with Crippen molar-refractivity contribution in [1.82, 2.24) is 10.2 Å². The lowest BCUT2D eigenvalue weighted by Gasteiger charge is -2.38. The Morgan fingerprint density at radius 2 is 2.15 bits per heavy atom. The third-order valence-electron chi connectivity index (χ3n) is 4.60. The molecule has 1 aromatic carbocycles. The van der Waals surface area contributed by atoms with Crippen LogP contribution in [0.1, 0.15) is 17.5 Å². The van der Waals surface area contributed by atoms with E-state index in [-0.39, 0.29) is 12.0 Å². The minimum atomic E-state index is 0.136. The number of nitrogens with two attached hydrogens (primary N) is 1. The molecular formula is C16H23N3O. The van der Waals surface area contributed by atoms with E-state index in [0.29, 0.717) is 12.5 Å². The normalized spacial score (nSPS) is 26.1. The fourth-order valence-corrected chi connectivity index (χ4v) is 3.40. The fraction of sp³-hybridized carbons (Fsp3) is 0.562. The van der Waals surface area contributed by atoms with E-state index in [4.69, 9.17) is 5.73 Å². The van der Waals surface area contributed by atoms with E-state index < -0.39 is 0 Å². The number of hydrogen-bond donors (Lipinski definition) is 2. The Balaban J connectivity index is 1.72. The molecule has 1 saturated heterocycles. The first-order valence-corrected chi connectivity index (χ1v) is 7.57. The maximum atomic E-state index is 12.8. The second-order valence-electron chi connectivity index (χ2n) is 5.83. The molecule has 0 aromatic heterocycles. The lowest BCUT2D eigenvalue weighted by atomic mass is 9.83. The van der Waals surface area contributed by atoms with Gasteiger partial charge in [-0.2, -0.15) is 0 Å². The monoisotopic (exact) mass is 273 g/mol. The third kappa shape index (κ3) is 2.58. The molecule has 108 valence electrons. The average Bonchev–Trinajstić information content (AvgIpc) is 2.53. The van der Waals surface area contributed by atoms with Gasteiger partial charge in [0.2, 0.25) is 5.91 Å². The quantitative estimate of drug-likeness (QED) is 0.827. The molecule has 1 aliphatic heterocycles. The van der Waals surface area contributed by atoms with Crippen LogP contribution in [-0.2, 0) is 17.6 Å². The summed E-state index contributed by atoms with van der Waals surface area (Å²) < 4.78 is 0. The summed E-state index contributed by atoms with van der Waals surface area (Å²) in [5, 5.41) is 3.32. The highest BCUT2D eigenvalue weighted by atomic mass is 16.2. The predicted molar refractivity (Wildman–Crippen MR) is 79.4 cm³/mol. The van der Waals surface area contributed by atoms with Crippen molar-refractivity contribution >= 4 is 5.91 Å². The smallest absolute Gasteiger partial charge is 0.226 e. The molecule has 0 radical (unpaired) electrons. The van der Waals surface area contributed by atoms with Crippen LogP contribution in [0.4, 0.5) is 0 Å². The van der Waals surface area contributed by atoms with Gasteiger partial charge in [0.15, 0.2) is 0 Å². The van der Waals surface area contributed by atoms with Crippen LogP contribution in [0.25, 0.3) is 0 Å². The number of fused-ring (bicyclic) bond motifs is 1. The van der Waals surface area contributed by atoms with Crippen LogP contribution in [0.3, 0.4) is 0 Å². The fourth-order valence-electron chi connectivity index (χ4n) is 3.40. The van der Waals surface area contributed by atoms with Crippen LogP contribution < -0.4 is 11.1 Å². The molecule has 1 aromatic rings. The molecule has 0 spiro atoms. The number of aryl methyl sites for hydroxylation is 1. The van der Waals surface area contributed by atoms with Crippen LogP contribution in [0.5, 0.6) is 0 Å². The minimum Gasteiger partial charge on any atom is -0.336 e. The van der Waals surface area contributed by atoms with Gasteiger partial charge in [-0.15, -0.1) is 0 Å². The van der Waals surface area contributed by atoms with Crippen LogP contribution in [-0.4, -0.2) is 43.0 Å². The molecule has 2 atom stereocenters. The summed E-state index contributed by atoms with van der Waals surface area (Å²) in [6, 6.07) is 8.66. The van der Waals surface area contributed by atoms with Crippen LogP contribution >= 0.6 is 0 Å². The van der Waals surface area contributed by atoms with Gasteiger partial charge in [0.25, 0.3) is 0 Å². The number of piperazine rings is 1. The predicted octanol–water partition coefficient (Wildman–Crippen LogP) is 0.551. The van der Waals surface area contributed by atoms with Crippen LogP contribution in [0.2, 0.25) is 0 Å². The van der Waals surface area contributed by atoms with Crippen molar-refractivity contribution in [2.45, 2.75) is 25.3 Å². The Morgan fingerprint density at radius 3 is 2.95 bits per heavy atom. The first kappa shape index (κ1) is 13.6. The lowest BCUT2D eigenvalue weighted by Crippen LogP contribution is -2.58. The van der Waals surface area contributed by atoms with Crippen LogP contribution in [0.15, 0.2) is 24.3 Å². The molecule has 1 amide bonds. The molecule has 2 unspecified atom stereocenters. The van der Waals surface area contributed by atoms with E-state index in [0.717, 1.165) is 38.9 Å². The third-order valence-corrected chi connectivity index (χ3v) is 4.60. The van der Waals surface area contributed by atoms with E-state index >= 15 is 0 Å². The standard InChI is InChI=1S/C16H23N3O/c17-10-15-11-18-7-8-19(15)16(20)14-6-5-12-3-1-2-4-13(12)9-14/h1-4,14-15,18H,5-11,17H2. The van der Waals surface area contributed by atoms with E-state index in [1.54, 1.807) is 0 Å². The van der Waals surface area contributed by atoms with Crippen molar-refractivity contribution in [1.29, 1.82) is 0 Å². The Labute approximate surface area is 120 Å². The summed E-state index contributed by atoms with van der Waals surface area (Å²) in [5.41, 5.74) is 8.56. The van der Waals surface area contributed by atoms with Gasteiger partial charge in [0, 0.05) is 32.1 Å². The van der Waals surface area contributed by atoms with E-state index in [2.05, 4.69) is 29.6 Å². The van der Waals surface area contributed by atoms with Gasteiger partial charge in [-0.05, 0) is 30.4 Å². The van der Waals surface area contributed by atoms with Gasteiger partial charge in [0.05, 0.1) is 6.04 Å². The molecule has 4 heteroatoms. The van der Waals surface area contributed by atoms with E-state index in [1.165, 1.54) is 11.1 Å². The number of carbonyl (C=O) groups is 1. The number of nitrogens with zero attached hydrogens (tertiary/aromatic N) is 1. The Hall–Kier alpha value is -1.39. The largest absolute Gasteiger partial charge is 0.336 e. The molecule has 1 aliphatic carbocycles. The average molecular weight is 273 g/mol. The van der Waals surface area contributed by atoms with E-state index in [1.807, 2.05) is 4.90 Å². The van der Waals surface area contributed by atoms with Crippen molar-refractivity contribution < 1.29 is 4.79 Å². The zero-order valence-corrected chi connectivity index (χ0v) is 11.8. The second kappa shape index (κ2) is 5.94. The van der Waals surface area contributed by atoms with Gasteiger partial charge < -0.3 is 16.0 Å². The zero-order valence-electron chi connectivity index (χ0n) is 11.8. The first-order chi connectivity index (χ1) is 9.79. The van der Waals surface area contributed by atoms with Crippen molar-refractivity contribution in [3.63, 3.8) is 0 Å². The van der Waals surface area contributed by atoms with E-state index in [9.17, 15) is 4.79 Å². The molecule has 3 rings (SSSR count). The number of hydrogen-bond acceptors (Lipinski definition) is 3. The van der Waals surface area contributed by atoms with Gasteiger partial charge >= 0.3 is 0 Å². The summed E-state index contributed by atoms with van der Waals surface area (Å²) in [5.74, 6) is 0.438. The number of nitrogens with one attached hydrogen (secondary N) is 1. The van der Waals surface area contributed by atoms with Gasteiger partial charge in [-0.25, -0.2) is 0 Å². The number of carbonyl (C=O) groups excluding carboxylic acids is 1. The maximum absolute atomic E-state index is 12.8. The highest BCUT2D eigenvalue weighted by Crippen LogP contribution is 2.27. The van der Waals surface area contributed by atoms with Gasteiger partial charge in [-0.1, -0.05) is 24.3 Å². The Morgan fingerprint density at radius 1 is 1.35 bits per heavy atom. The molecule has 0 bridgehead atoms. The second-order valence-corrected chi connectivity index (χ2v) is 5.83. The van der Waals surface area contributed by atoms with Gasteiger partial charge in [0.1, 0.15) is 0 Å². The molecule has 1 fully saturated rings. The number of rotatable bonds is 2. The number of benzene rings is 1. The molecule has 3 N–H and O–H groups in total. The van der Waals surface area contributed by atoms with Crippen LogP contribution in [0, 0.1) is 5.92 Å². The maximum Gasteiger partial charge on any atom is 0.226 e. The highest BCUT2D eigenvalue weighted by Gasteiger charge is 2.32. The first-order valence-electron chi connectivity index (χ1n) is 7.57. The summed E-state index contributed by atoms with van der Waals surface area (Å²) in [7, 11) is 0. The summed E-state index contributed by atoms with van der Waals surface area (Å²) in [6.45, 7) is 3.04. The molecule has 20 heavy (non-hydrogen) atoms. The summed E-state index contributed by atoms with van der Waals surface area (Å²) in [6.07, 6.45) is 2.87.